The third-order valence-corrected chi connectivity index (χ3v) is 4.05. The summed E-state index contributed by atoms with van der Waals surface area (Å²) in [6.45, 7) is 4.71. The number of nitrogens with zero attached hydrogens (tertiary/aromatic N) is 2. The van der Waals surface area contributed by atoms with Crippen molar-refractivity contribution in [2.24, 2.45) is 0 Å². The minimum Gasteiger partial charge on any atom is -0.493 e. The standard InChI is InChI=1S/C20H21FN2O2/c1-3-23(15(2)17-6-4-16(14-22)5-7-17)20(24)12-13-25-19-10-8-18(21)9-11-19/h4-11,15H,3,12-13H2,1-2H3. The van der Waals surface area contributed by atoms with E-state index in [-0.39, 0.29) is 30.8 Å². The first-order valence-corrected chi connectivity index (χ1v) is 8.23. The molecule has 4 nitrogen and oxygen atoms in total. The maximum atomic E-state index is 12.9. The maximum Gasteiger partial charge on any atom is 0.226 e. The average Bonchev–Trinajstić information content (AvgIpc) is 2.64. The molecule has 0 aliphatic carbocycles. The van der Waals surface area contributed by atoms with Crippen LogP contribution in [0.3, 0.4) is 0 Å². The van der Waals surface area contributed by atoms with Gasteiger partial charge in [0.2, 0.25) is 5.91 Å². The van der Waals surface area contributed by atoms with E-state index in [0.29, 0.717) is 17.9 Å². The Kier molecular flexibility index (Phi) is 6.53. The van der Waals surface area contributed by atoms with E-state index in [1.54, 1.807) is 17.0 Å². The molecule has 2 rings (SSSR count). The molecule has 2 aromatic rings. The minimum absolute atomic E-state index is 0.0125. The number of benzene rings is 2. The Morgan fingerprint density at radius 3 is 2.40 bits per heavy atom. The normalized spacial score (nSPS) is 11.4. The molecule has 1 amide bonds. The van der Waals surface area contributed by atoms with Crippen molar-refractivity contribution in [1.82, 2.24) is 4.90 Å². The van der Waals surface area contributed by atoms with Crippen LogP contribution in [0.15, 0.2) is 48.5 Å². The van der Waals surface area contributed by atoms with Crippen molar-refractivity contribution in [2.45, 2.75) is 26.3 Å². The van der Waals surface area contributed by atoms with Crippen LogP contribution in [0.2, 0.25) is 0 Å². The summed E-state index contributed by atoms with van der Waals surface area (Å²) < 4.78 is 18.3. The zero-order valence-electron chi connectivity index (χ0n) is 14.4. The zero-order valence-corrected chi connectivity index (χ0v) is 14.4. The summed E-state index contributed by atoms with van der Waals surface area (Å²) in [4.78, 5) is 14.3. The number of hydrogen-bond donors (Lipinski definition) is 0. The number of hydrogen-bond acceptors (Lipinski definition) is 3. The molecule has 0 aliphatic heterocycles. The molecule has 0 aromatic heterocycles. The molecule has 2 aromatic carbocycles. The first kappa shape index (κ1) is 18.5. The Balaban J connectivity index is 1.92. The van der Waals surface area contributed by atoms with Gasteiger partial charge in [0.15, 0.2) is 0 Å². The Morgan fingerprint density at radius 1 is 1.20 bits per heavy atom. The number of rotatable bonds is 7. The van der Waals surface area contributed by atoms with Crippen LogP contribution in [0, 0.1) is 17.1 Å². The van der Waals surface area contributed by atoms with Crippen molar-refractivity contribution in [1.29, 1.82) is 5.26 Å². The Labute approximate surface area is 147 Å². The van der Waals surface area contributed by atoms with Crippen molar-refractivity contribution >= 4 is 5.91 Å². The first-order chi connectivity index (χ1) is 12.0. The molecule has 0 saturated heterocycles. The van der Waals surface area contributed by atoms with Gasteiger partial charge in [0.05, 0.1) is 30.7 Å². The van der Waals surface area contributed by atoms with Crippen molar-refractivity contribution in [3.63, 3.8) is 0 Å². The van der Waals surface area contributed by atoms with Gasteiger partial charge in [-0.15, -0.1) is 0 Å². The fourth-order valence-corrected chi connectivity index (χ4v) is 2.61. The Bertz CT molecular complexity index is 736. The van der Waals surface area contributed by atoms with Crippen LogP contribution in [-0.4, -0.2) is 24.0 Å². The van der Waals surface area contributed by atoms with Crippen LogP contribution in [0.25, 0.3) is 0 Å². The van der Waals surface area contributed by atoms with Crippen molar-refractivity contribution in [2.75, 3.05) is 13.2 Å². The lowest BCUT2D eigenvalue weighted by atomic mass is 10.0. The predicted octanol–water partition coefficient (Wildman–Crippen LogP) is 4.08. The molecule has 5 heteroatoms. The average molecular weight is 340 g/mol. The van der Waals surface area contributed by atoms with Gasteiger partial charge in [-0.05, 0) is 55.8 Å². The third kappa shape index (κ3) is 5.05. The molecule has 1 unspecified atom stereocenters. The second-order valence-corrected chi connectivity index (χ2v) is 5.64. The summed E-state index contributed by atoms with van der Waals surface area (Å²) in [7, 11) is 0. The summed E-state index contributed by atoms with van der Waals surface area (Å²) in [5.41, 5.74) is 1.58. The Morgan fingerprint density at radius 2 is 1.84 bits per heavy atom. The van der Waals surface area contributed by atoms with Gasteiger partial charge in [-0.3, -0.25) is 4.79 Å². The second-order valence-electron chi connectivity index (χ2n) is 5.64. The smallest absolute Gasteiger partial charge is 0.226 e. The molecule has 0 aliphatic rings. The van der Waals surface area contributed by atoms with Gasteiger partial charge in [-0.2, -0.15) is 5.26 Å². The topological polar surface area (TPSA) is 53.3 Å². The lowest BCUT2D eigenvalue weighted by Crippen LogP contribution is -2.34. The minimum atomic E-state index is -0.322. The fraction of sp³-hybridized carbons (Fsp3) is 0.300. The van der Waals surface area contributed by atoms with E-state index in [1.807, 2.05) is 26.0 Å². The van der Waals surface area contributed by atoms with E-state index in [0.717, 1.165) is 5.56 Å². The molecule has 0 radical (unpaired) electrons. The molecule has 0 spiro atoms. The summed E-state index contributed by atoms with van der Waals surface area (Å²) in [6, 6.07) is 15.0. The van der Waals surface area contributed by atoms with E-state index in [2.05, 4.69) is 6.07 Å². The fourth-order valence-electron chi connectivity index (χ4n) is 2.61. The molecule has 0 fully saturated rings. The second kappa shape index (κ2) is 8.84. The summed E-state index contributed by atoms with van der Waals surface area (Å²) in [5.74, 6) is 0.204. The highest BCUT2D eigenvalue weighted by Gasteiger charge is 2.19. The summed E-state index contributed by atoms with van der Waals surface area (Å²) in [6.07, 6.45) is 0.242. The number of carbonyl (C=O) groups excluding carboxylic acids is 1. The number of halogens is 1. The monoisotopic (exact) mass is 340 g/mol. The van der Waals surface area contributed by atoms with Crippen LogP contribution < -0.4 is 4.74 Å². The van der Waals surface area contributed by atoms with Crippen molar-refractivity contribution in [3.05, 3.63) is 65.5 Å². The van der Waals surface area contributed by atoms with Crippen LogP contribution in [0.4, 0.5) is 4.39 Å². The number of ether oxygens (including phenoxy) is 1. The van der Waals surface area contributed by atoms with Gasteiger partial charge in [-0.1, -0.05) is 12.1 Å². The van der Waals surface area contributed by atoms with E-state index in [1.165, 1.54) is 24.3 Å². The lowest BCUT2D eigenvalue weighted by molar-refractivity contribution is -0.133. The molecule has 130 valence electrons. The first-order valence-electron chi connectivity index (χ1n) is 8.23. The van der Waals surface area contributed by atoms with Crippen LogP contribution in [-0.2, 0) is 4.79 Å². The van der Waals surface area contributed by atoms with E-state index < -0.39 is 0 Å². The quantitative estimate of drug-likeness (QED) is 0.763. The summed E-state index contributed by atoms with van der Waals surface area (Å²) >= 11 is 0. The van der Waals surface area contributed by atoms with Crippen molar-refractivity contribution in [3.8, 4) is 11.8 Å². The van der Waals surface area contributed by atoms with Gasteiger partial charge in [0.25, 0.3) is 0 Å². The van der Waals surface area contributed by atoms with Gasteiger partial charge >= 0.3 is 0 Å². The highest BCUT2D eigenvalue weighted by molar-refractivity contribution is 5.76. The van der Waals surface area contributed by atoms with Gasteiger partial charge in [0, 0.05) is 6.54 Å². The molecular weight excluding hydrogens is 319 g/mol. The molecular formula is C20H21FN2O2. The van der Waals surface area contributed by atoms with Crippen molar-refractivity contribution < 1.29 is 13.9 Å². The predicted molar refractivity (Wildman–Crippen MR) is 93.5 cm³/mol. The third-order valence-electron chi connectivity index (χ3n) is 4.05. The maximum absolute atomic E-state index is 12.9. The van der Waals surface area contributed by atoms with Crippen LogP contribution in [0.5, 0.6) is 5.75 Å². The molecule has 0 bridgehead atoms. The van der Waals surface area contributed by atoms with Gasteiger partial charge in [0.1, 0.15) is 11.6 Å². The number of nitriles is 1. The zero-order chi connectivity index (χ0) is 18.2. The highest BCUT2D eigenvalue weighted by Crippen LogP contribution is 2.21. The highest BCUT2D eigenvalue weighted by atomic mass is 19.1. The van der Waals surface area contributed by atoms with Gasteiger partial charge in [-0.25, -0.2) is 4.39 Å². The SMILES string of the molecule is CCN(C(=O)CCOc1ccc(F)cc1)C(C)c1ccc(C#N)cc1. The van der Waals surface area contributed by atoms with Gasteiger partial charge < -0.3 is 9.64 Å². The molecule has 1 atom stereocenters. The lowest BCUT2D eigenvalue weighted by Gasteiger charge is -2.28. The number of carbonyl (C=O) groups is 1. The summed E-state index contributed by atoms with van der Waals surface area (Å²) in [5, 5.41) is 8.87. The number of amides is 1. The largest absolute Gasteiger partial charge is 0.493 e. The molecule has 0 saturated carbocycles. The Hall–Kier alpha value is -2.87. The molecule has 0 N–H and O–H groups in total. The van der Waals surface area contributed by atoms with Crippen LogP contribution >= 0.6 is 0 Å². The van der Waals surface area contributed by atoms with Crippen LogP contribution in [0.1, 0.15) is 37.4 Å². The molecule has 0 heterocycles. The molecule has 25 heavy (non-hydrogen) atoms. The van der Waals surface area contributed by atoms with E-state index >= 15 is 0 Å². The van der Waals surface area contributed by atoms with E-state index in [9.17, 15) is 9.18 Å². The van der Waals surface area contributed by atoms with E-state index in [4.69, 9.17) is 10.00 Å².